The van der Waals surface area contributed by atoms with Gasteiger partial charge >= 0.3 is 0 Å². The van der Waals surface area contributed by atoms with Gasteiger partial charge in [0.2, 0.25) is 10.0 Å². The third-order valence-corrected chi connectivity index (χ3v) is 3.17. The summed E-state index contributed by atoms with van der Waals surface area (Å²) in [6.07, 6.45) is 0.858. The van der Waals surface area contributed by atoms with Crippen molar-refractivity contribution in [3.8, 4) is 0 Å². The molecular formula is C11H19N3O3S. The van der Waals surface area contributed by atoms with E-state index in [9.17, 15) is 8.42 Å². The number of hydrogen-bond acceptors (Lipinski definition) is 5. The van der Waals surface area contributed by atoms with Gasteiger partial charge in [0.25, 0.3) is 0 Å². The van der Waals surface area contributed by atoms with E-state index < -0.39 is 10.0 Å². The first-order valence-electron chi connectivity index (χ1n) is 5.68. The lowest BCUT2D eigenvalue weighted by Gasteiger charge is -2.07. The lowest BCUT2D eigenvalue weighted by Crippen LogP contribution is -2.12. The number of ether oxygens (including phenoxy) is 1. The Morgan fingerprint density at radius 1 is 1.17 bits per heavy atom. The molecule has 0 unspecified atom stereocenters. The molecule has 1 aromatic carbocycles. The highest BCUT2D eigenvalue weighted by molar-refractivity contribution is 7.89. The van der Waals surface area contributed by atoms with Crippen LogP contribution in [-0.4, -0.2) is 34.7 Å². The average Bonchev–Trinajstić information content (AvgIpc) is 2.33. The van der Waals surface area contributed by atoms with Crippen LogP contribution in [0, 0.1) is 0 Å². The summed E-state index contributed by atoms with van der Waals surface area (Å²) in [6, 6.07) is 6.31. The molecule has 6 nitrogen and oxygen atoms in total. The van der Waals surface area contributed by atoms with Gasteiger partial charge in [0.1, 0.15) is 0 Å². The molecular weight excluding hydrogens is 254 g/mol. The zero-order chi connectivity index (χ0) is 13.4. The largest absolute Gasteiger partial charge is 0.385 e. The van der Waals surface area contributed by atoms with Gasteiger partial charge in [0.15, 0.2) is 0 Å². The molecule has 0 heterocycles. The van der Waals surface area contributed by atoms with E-state index in [2.05, 4.69) is 5.32 Å². The Balaban J connectivity index is 2.32. The minimum Gasteiger partial charge on any atom is -0.385 e. The molecule has 0 spiro atoms. The summed E-state index contributed by atoms with van der Waals surface area (Å²) in [4.78, 5) is 0.110. The van der Waals surface area contributed by atoms with Crippen LogP contribution in [0.4, 0.5) is 5.69 Å². The predicted octanol–water partition coefficient (Wildman–Crippen LogP) is 0.111. The molecule has 0 aliphatic rings. The van der Waals surface area contributed by atoms with E-state index >= 15 is 0 Å². The smallest absolute Gasteiger partial charge is 0.238 e. The topological polar surface area (TPSA) is 107 Å². The number of hydrogen-bond donors (Lipinski definition) is 3. The number of benzene rings is 1. The fraction of sp³-hybridized carbons (Fsp3) is 0.455. The van der Waals surface area contributed by atoms with Crippen LogP contribution >= 0.6 is 0 Å². The van der Waals surface area contributed by atoms with Gasteiger partial charge in [-0.2, -0.15) is 0 Å². The second-order valence-corrected chi connectivity index (χ2v) is 5.31. The molecule has 0 aliphatic heterocycles. The standard InChI is InChI=1S/C11H19N3O3S/c12-6-9-17-8-1-7-14-10-2-4-11(5-3-10)18(13,15)16/h2-5,14H,1,6-9,12H2,(H2,13,15,16). The van der Waals surface area contributed by atoms with E-state index in [4.69, 9.17) is 15.6 Å². The summed E-state index contributed by atoms with van der Waals surface area (Å²) in [5, 5.41) is 8.15. The van der Waals surface area contributed by atoms with Gasteiger partial charge in [-0.3, -0.25) is 0 Å². The number of primary sulfonamides is 1. The lowest BCUT2D eigenvalue weighted by molar-refractivity contribution is 0.141. The molecule has 0 saturated heterocycles. The lowest BCUT2D eigenvalue weighted by atomic mass is 10.3. The maximum atomic E-state index is 11.0. The van der Waals surface area contributed by atoms with Gasteiger partial charge in [0, 0.05) is 25.4 Å². The van der Waals surface area contributed by atoms with Crippen LogP contribution in [0.1, 0.15) is 6.42 Å². The minimum atomic E-state index is -3.61. The van der Waals surface area contributed by atoms with Crippen molar-refractivity contribution in [1.29, 1.82) is 0 Å². The number of sulfonamides is 1. The van der Waals surface area contributed by atoms with Crippen molar-refractivity contribution < 1.29 is 13.2 Å². The van der Waals surface area contributed by atoms with Crippen LogP contribution in [0.25, 0.3) is 0 Å². The summed E-state index contributed by atoms with van der Waals surface area (Å²) >= 11 is 0. The third-order valence-electron chi connectivity index (χ3n) is 2.24. The van der Waals surface area contributed by atoms with Crippen LogP contribution in [0.3, 0.4) is 0 Å². The molecule has 102 valence electrons. The van der Waals surface area contributed by atoms with E-state index in [0.717, 1.165) is 18.7 Å². The first kappa shape index (κ1) is 14.9. The Morgan fingerprint density at radius 2 is 1.83 bits per heavy atom. The van der Waals surface area contributed by atoms with Crippen LogP contribution in [0.15, 0.2) is 29.2 Å². The Kier molecular flexibility index (Phi) is 6.06. The van der Waals surface area contributed by atoms with Gasteiger partial charge in [-0.05, 0) is 30.7 Å². The second kappa shape index (κ2) is 7.32. The van der Waals surface area contributed by atoms with E-state index in [1.165, 1.54) is 12.1 Å². The van der Waals surface area contributed by atoms with Gasteiger partial charge in [0.05, 0.1) is 11.5 Å². The molecule has 18 heavy (non-hydrogen) atoms. The summed E-state index contributed by atoms with van der Waals surface area (Å²) in [5.41, 5.74) is 6.13. The minimum absolute atomic E-state index is 0.110. The summed E-state index contributed by atoms with van der Waals surface area (Å²) in [6.45, 7) is 2.50. The van der Waals surface area contributed by atoms with Gasteiger partial charge < -0.3 is 15.8 Å². The van der Waals surface area contributed by atoms with E-state index in [0.29, 0.717) is 19.8 Å². The molecule has 7 heteroatoms. The maximum Gasteiger partial charge on any atom is 0.238 e. The summed E-state index contributed by atoms with van der Waals surface area (Å²) in [5.74, 6) is 0. The van der Waals surface area contributed by atoms with Crippen LogP contribution in [0.2, 0.25) is 0 Å². The Labute approximate surface area is 107 Å². The van der Waals surface area contributed by atoms with Crippen molar-refractivity contribution in [3.63, 3.8) is 0 Å². The third kappa shape index (κ3) is 5.46. The maximum absolute atomic E-state index is 11.0. The number of nitrogens with one attached hydrogen (secondary N) is 1. The van der Waals surface area contributed by atoms with Gasteiger partial charge in [-0.1, -0.05) is 0 Å². The Bertz CT molecular complexity index is 445. The molecule has 5 N–H and O–H groups in total. The normalized spacial score (nSPS) is 11.4. The van der Waals surface area contributed by atoms with Crippen molar-refractivity contribution in [1.82, 2.24) is 0 Å². The fourth-order valence-corrected chi connectivity index (χ4v) is 1.87. The fourth-order valence-electron chi connectivity index (χ4n) is 1.35. The summed E-state index contributed by atoms with van der Waals surface area (Å²) in [7, 11) is -3.61. The number of rotatable bonds is 8. The van der Waals surface area contributed by atoms with Crippen LogP contribution in [0.5, 0.6) is 0 Å². The zero-order valence-electron chi connectivity index (χ0n) is 10.1. The van der Waals surface area contributed by atoms with Crippen molar-refractivity contribution >= 4 is 15.7 Å². The Morgan fingerprint density at radius 3 is 2.39 bits per heavy atom. The van der Waals surface area contributed by atoms with Crippen LogP contribution < -0.4 is 16.2 Å². The van der Waals surface area contributed by atoms with E-state index in [1.807, 2.05) is 0 Å². The van der Waals surface area contributed by atoms with E-state index in [-0.39, 0.29) is 4.90 Å². The highest BCUT2D eigenvalue weighted by Gasteiger charge is 2.06. The van der Waals surface area contributed by atoms with Crippen molar-refractivity contribution in [2.75, 3.05) is 31.6 Å². The van der Waals surface area contributed by atoms with Crippen molar-refractivity contribution in [3.05, 3.63) is 24.3 Å². The van der Waals surface area contributed by atoms with Gasteiger partial charge in [-0.25, -0.2) is 13.6 Å². The number of nitrogens with two attached hydrogens (primary N) is 2. The molecule has 0 bridgehead atoms. The molecule has 0 amide bonds. The molecule has 0 aromatic heterocycles. The first-order valence-corrected chi connectivity index (χ1v) is 7.23. The second-order valence-electron chi connectivity index (χ2n) is 3.75. The predicted molar refractivity (Wildman–Crippen MR) is 70.8 cm³/mol. The highest BCUT2D eigenvalue weighted by atomic mass is 32.2. The molecule has 0 saturated carbocycles. The molecule has 1 aromatic rings. The molecule has 1 rings (SSSR count). The number of anilines is 1. The van der Waals surface area contributed by atoms with Crippen molar-refractivity contribution in [2.45, 2.75) is 11.3 Å². The molecule has 0 fully saturated rings. The van der Waals surface area contributed by atoms with Gasteiger partial charge in [-0.15, -0.1) is 0 Å². The monoisotopic (exact) mass is 273 g/mol. The average molecular weight is 273 g/mol. The molecule has 0 aliphatic carbocycles. The molecule has 0 atom stereocenters. The Hall–Kier alpha value is -1.15. The van der Waals surface area contributed by atoms with E-state index in [1.54, 1.807) is 12.1 Å². The van der Waals surface area contributed by atoms with Crippen LogP contribution in [-0.2, 0) is 14.8 Å². The summed E-state index contributed by atoms with van der Waals surface area (Å²) < 4.78 is 27.3. The first-order chi connectivity index (χ1) is 8.54. The van der Waals surface area contributed by atoms with Crippen molar-refractivity contribution in [2.24, 2.45) is 10.9 Å². The molecule has 0 radical (unpaired) electrons. The SMILES string of the molecule is NCCOCCCNc1ccc(S(N)(=O)=O)cc1. The highest BCUT2D eigenvalue weighted by Crippen LogP contribution is 2.12. The zero-order valence-corrected chi connectivity index (χ0v) is 10.9. The quantitative estimate of drug-likeness (QED) is 0.583.